The molecule has 2 radical (unpaired) electrons. The van der Waals surface area contributed by atoms with Crippen LogP contribution in [-0.4, -0.2) is 37.9 Å². The maximum Gasteiger partial charge on any atom is 0.248 e. The second-order valence-corrected chi connectivity index (χ2v) is 11.5. The molecular formula is C27H42BN2VW-2. The Morgan fingerprint density at radius 2 is 1.84 bits per heavy atom. The summed E-state index contributed by atoms with van der Waals surface area (Å²) in [5, 5.41) is 4.58. The average molecular weight is 640 g/mol. The quantitative estimate of drug-likeness (QED) is 0.302. The number of fused-ring (bicyclic) bond motifs is 5. The molecule has 0 spiro atoms. The summed E-state index contributed by atoms with van der Waals surface area (Å²) in [6.45, 7) is 15.4. The van der Waals surface area contributed by atoms with Gasteiger partial charge in [0.2, 0.25) is 7.41 Å². The number of aryl methyl sites for hydroxylation is 2. The molecule has 4 unspecified atom stereocenters. The molecule has 4 aliphatic rings. The Bertz CT molecular complexity index is 800. The third-order valence-corrected chi connectivity index (χ3v) is 9.91. The van der Waals surface area contributed by atoms with Crippen molar-refractivity contribution in [2.75, 3.05) is 19.6 Å². The molecule has 1 saturated heterocycles. The molecule has 1 aromatic rings. The number of hydrogen-bond acceptors (Lipinski definition) is 1. The molecule has 2 saturated carbocycles. The van der Waals surface area contributed by atoms with Crippen molar-refractivity contribution in [2.45, 2.75) is 85.1 Å². The van der Waals surface area contributed by atoms with Gasteiger partial charge in [-0.3, -0.25) is 0 Å². The molecule has 0 amide bonds. The van der Waals surface area contributed by atoms with Crippen LogP contribution in [0.2, 0.25) is 0 Å². The van der Waals surface area contributed by atoms with E-state index in [-0.39, 0.29) is 47.0 Å². The van der Waals surface area contributed by atoms with Crippen molar-refractivity contribution < 1.29 is 39.6 Å². The van der Waals surface area contributed by atoms with E-state index in [1.54, 1.807) is 11.1 Å². The molecule has 0 bridgehead atoms. The number of benzene rings is 1. The first kappa shape index (κ1) is 28.7. The van der Waals surface area contributed by atoms with Gasteiger partial charge in [0.15, 0.2) is 0 Å². The SMILES string of the molecule is Cc1cc2c(cc1[B]N1CC[N-]CC1C)C1CC[C@@]3(C)C(CCC3(C)C)C1CC2.[CH3-].[V].[W]. The van der Waals surface area contributed by atoms with Crippen LogP contribution in [0.5, 0.6) is 0 Å². The summed E-state index contributed by atoms with van der Waals surface area (Å²) in [5.41, 5.74) is 7.35. The smallest absolute Gasteiger partial charge is 0.248 e. The zero-order valence-corrected chi connectivity index (χ0v) is 25.5. The maximum atomic E-state index is 4.58. The predicted molar refractivity (Wildman–Crippen MR) is 131 cm³/mol. The fourth-order valence-corrected chi connectivity index (χ4v) is 7.56. The number of nitrogens with zero attached hydrogens (tertiary/aromatic N) is 2. The monoisotopic (exact) mass is 640 g/mol. The third kappa shape index (κ3) is 4.65. The fraction of sp³-hybridized carbons (Fsp3) is 0.741. The minimum Gasteiger partial charge on any atom is -0.660 e. The Balaban J connectivity index is 0.00000121. The average Bonchev–Trinajstić information content (AvgIpc) is 2.93. The van der Waals surface area contributed by atoms with Gasteiger partial charge in [-0.15, -0.1) is 13.1 Å². The molecular weight excluding hydrogens is 598 g/mol. The Hall–Kier alpha value is 0.478. The van der Waals surface area contributed by atoms with E-state index in [1.807, 2.05) is 0 Å². The minimum absolute atomic E-state index is 0. The second-order valence-electron chi connectivity index (χ2n) is 11.5. The van der Waals surface area contributed by atoms with E-state index < -0.39 is 0 Å². The van der Waals surface area contributed by atoms with Crippen molar-refractivity contribution in [3.63, 3.8) is 0 Å². The molecule has 5 rings (SSSR count). The van der Waals surface area contributed by atoms with Gasteiger partial charge < -0.3 is 17.6 Å². The van der Waals surface area contributed by atoms with E-state index in [0.29, 0.717) is 16.9 Å². The van der Waals surface area contributed by atoms with Crippen LogP contribution < -0.4 is 5.46 Å². The predicted octanol–water partition coefficient (Wildman–Crippen LogP) is 5.64. The van der Waals surface area contributed by atoms with E-state index in [2.05, 4.69) is 64.3 Å². The number of piperazine rings is 1. The fourth-order valence-electron chi connectivity index (χ4n) is 7.56. The Labute approximate surface area is 225 Å². The van der Waals surface area contributed by atoms with E-state index in [9.17, 15) is 0 Å². The van der Waals surface area contributed by atoms with Crippen LogP contribution in [0.25, 0.3) is 5.32 Å². The van der Waals surface area contributed by atoms with Gasteiger partial charge in [-0.2, -0.15) is 0 Å². The summed E-state index contributed by atoms with van der Waals surface area (Å²) >= 11 is 0. The van der Waals surface area contributed by atoms with Crippen LogP contribution >= 0.6 is 0 Å². The van der Waals surface area contributed by atoms with Crippen LogP contribution in [0, 0.1) is 37.0 Å². The van der Waals surface area contributed by atoms with Crippen LogP contribution in [-0.2, 0) is 46.0 Å². The van der Waals surface area contributed by atoms with E-state index in [0.717, 1.165) is 37.4 Å². The van der Waals surface area contributed by atoms with Crippen molar-refractivity contribution in [3.05, 3.63) is 41.6 Å². The summed E-state index contributed by atoms with van der Waals surface area (Å²) in [7, 11) is 2.45. The molecule has 0 aromatic heterocycles. The zero-order chi connectivity index (χ0) is 20.4. The molecule has 3 fully saturated rings. The van der Waals surface area contributed by atoms with E-state index >= 15 is 0 Å². The first-order valence-corrected chi connectivity index (χ1v) is 12.2. The first-order chi connectivity index (χ1) is 13.8. The van der Waals surface area contributed by atoms with Gasteiger partial charge in [0.05, 0.1) is 0 Å². The van der Waals surface area contributed by atoms with Gasteiger partial charge in [0, 0.05) is 39.6 Å². The van der Waals surface area contributed by atoms with Crippen molar-refractivity contribution in [1.82, 2.24) is 4.81 Å². The van der Waals surface area contributed by atoms with E-state index in [1.165, 1.54) is 49.6 Å². The molecule has 32 heavy (non-hydrogen) atoms. The Morgan fingerprint density at radius 3 is 2.56 bits per heavy atom. The van der Waals surface area contributed by atoms with Gasteiger partial charge in [0.1, 0.15) is 0 Å². The van der Waals surface area contributed by atoms with Crippen molar-refractivity contribution in [1.29, 1.82) is 0 Å². The van der Waals surface area contributed by atoms with Crippen LogP contribution in [0.3, 0.4) is 0 Å². The standard InChI is InChI=1S/C26H39BN2.CH3.V.W/c1-17-14-19-6-7-21-20(8-11-26(5)23(21)9-10-25(26,3)4)22(19)15-24(17)27-29-13-12-28-16-18(29)2;;;/h14-15,18,20-21,23H,6-13,16H2,1-5H3;1H3;;/q2*-1;;/t18?,20?,21?,23?,26-;;;/m0.../s1. The first-order valence-electron chi connectivity index (χ1n) is 12.2. The summed E-state index contributed by atoms with van der Waals surface area (Å²) in [5.74, 6) is 2.64. The zero-order valence-electron chi connectivity index (χ0n) is 21.2. The van der Waals surface area contributed by atoms with Gasteiger partial charge in [-0.05, 0) is 97.7 Å². The summed E-state index contributed by atoms with van der Waals surface area (Å²) < 4.78 is 0. The minimum atomic E-state index is 0. The van der Waals surface area contributed by atoms with Crippen LogP contribution in [0.1, 0.15) is 82.4 Å². The third-order valence-electron chi connectivity index (χ3n) is 9.91. The Kier molecular flexibility index (Phi) is 9.53. The van der Waals surface area contributed by atoms with Crippen molar-refractivity contribution in [3.8, 4) is 0 Å². The topological polar surface area (TPSA) is 17.3 Å². The van der Waals surface area contributed by atoms with Crippen molar-refractivity contribution >= 4 is 12.9 Å². The van der Waals surface area contributed by atoms with Gasteiger partial charge in [-0.1, -0.05) is 50.9 Å². The molecule has 0 N–H and O–H groups in total. The molecule has 1 heterocycles. The Morgan fingerprint density at radius 1 is 1.09 bits per heavy atom. The molecule has 176 valence electrons. The normalized spacial score (nSPS) is 35.2. The number of hydrogen-bond donors (Lipinski definition) is 0. The van der Waals surface area contributed by atoms with E-state index in [4.69, 9.17) is 0 Å². The second kappa shape index (κ2) is 10.6. The molecule has 5 heteroatoms. The molecule has 1 aliphatic heterocycles. The van der Waals surface area contributed by atoms with Gasteiger partial charge in [0.25, 0.3) is 0 Å². The molecule has 1 aromatic carbocycles. The number of rotatable bonds is 2. The van der Waals surface area contributed by atoms with Gasteiger partial charge in [-0.25, -0.2) is 0 Å². The largest absolute Gasteiger partial charge is 0.660 e. The van der Waals surface area contributed by atoms with Crippen LogP contribution in [0.4, 0.5) is 0 Å². The van der Waals surface area contributed by atoms with Crippen LogP contribution in [0.15, 0.2) is 12.1 Å². The summed E-state index contributed by atoms with van der Waals surface area (Å²) in [4.78, 5) is 2.53. The maximum absolute atomic E-state index is 4.58. The van der Waals surface area contributed by atoms with Crippen molar-refractivity contribution in [2.24, 2.45) is 22.7 Å². The molecule has 5 atom stereocenters. The summed E-state index contributed by atoms with van der Waals surface area (Å²) in [6, 6.07) is 5.66. The van der Waals surface area contributed by atoms with Gasteiger partial charge >= 0.3 is 0 Å². The molecule has 3 aliphatic carbocycles. The molecule has 2 nitrogen and oxygen atoms in total. The summed E-state index contributed by atoms with van der Waals surface area (Å²) in [6.07, 6.45) is 8.41.